The van der Waals surface area contributed by atoms with Crippen LogP contribution in [0.4, 0.5) is 5.69 Å². The number of carbonyl (C=O) groups excluding carboxylic acids is 1. The Bertz CT molecular complexity index is 394. The molecule has 0 amide bonds. The number of nitrogen functional groups attached to an aromatic ring is 1. The molecular weight excluding hydrogens is 206 g/mol. The maximum absolute atomic E-state index is 11.3. The summed E-state index contributed by atoms with van der Waals surface area (Å²) in [6.07, 6.45) is 0. The predicted molar refractivity (Wildman–Crippen MR) is 62.6 cm³/mol. The fourth-order valence-electron chi connectivity index (χ4n) is 1.20. The van der Waals surface area contributed by atoms with Crippen LogP contribution in [-0.4, -0.2) is 18.7 Å². The second-order valence-corrected chi connectivity index (χ2v) is 4.46. The fraction of sp³-hybridized carbons (Fsp3) is 0.417. The summed E-state index contributed by atoms with van der Waals surface area (Å²) in [7, 11) is 1.34. The number of carbonyl (C=O) groups is 1. The molecule has 0 saturated heterocycles. The number of ether oxygens (including phenoxy) is 2. The number of methoxy groups -OCH3 is 1. The summed E-state index contributed by atoms with van der Waals surface area (Å²) >= 11 is 0. The van der Waals surface area contributed by atoms with Crippen molar-refractivity contribution in [2.75, 3.05) is 12.8 Å². The van der Waals surface area contributed by atoms with Gasteiger partial charge >= 0.3 is 5.97 Å². The van der Waals surface area contributed by atoms with Crippen molar-refractivity contribution in [1.82, 2.24) is 0 Å². The van der Waals surface area contributed by atoms with Gasteiger partial charge < -0.3 is 15.2 Å². The van der Waals surface area contributed by atoms with Crippen molar-refractivity contribution in [2.45, 2.75) is 26.4 Å². The molecule has 16 heavy (non-hydrogen) atoms. The number of anilines is 1. The highest BCUT2D eigenvalue weighted by atomic mass is 16.5. The quantitative estimate of drug-likeness (QED) is 0.617. The Balaban J connectivity index is 3.04. The van der Waals surface area contributed by atoms with E-state index >= 15 is 0 Å². The van der Waals surface area contributed by atoms with Gasteiger partial charge in [-0.1, -0.05) is 0 Å². The maximum atomic E-state index is 11.3. The van der Waals surface area contributed by atoms with Crippen molar-refractivity contribution >= 4 is 11.7 Å². The van der Waals surface area contributed by atoms with Gasteiger partial charge in [-0.2, -0.15) is 0 Å². The average molecular weight is 223 g/mol. The van der Waals surface area contributed by atoms with Crippen LogP contribution in [0.25, 0.3) is 0 Å². The Morgan fingerprint density at radius 2 is 1.94 bits per heavy atom. The minimum Gasteiger partial charge on any atom is -0.486 e. The van der Waals surface area contributed by atoms with Crippen molar-refractivity contribution in [3.63, 3.8) is 0 Å². The van der Waals surface area contributed by atoms with E-state index in [0.717, 1.165) is 0 Å². The van der Waals surface area contributed by atoms with Gasteiger partial charge in [0.1, 0.15) is 11.4 Å². The monoisotopic (exact) mass is 223 g/mol. The van der Waals surface area contributed by atoms with Crippen LogP contribution in [0.2, 0.25) is 0 Å². The molecule has 0 aliphatic heterocycles. The van der Waals surface area contributed by atoms with Crippen LogP contribution in [-0.2, 0) is 4.74 Å². The summed E-state index contributed by atoms with van der Waals surface area (Å²) in [6.45, 7) is 5.74. The molecular formula is C12H17NO3. The topological polar surface area (TPSA) is 61.5 Å². The lowest BCUT2D eigenvalue weighted by atomic mass is 10.1. The summed E-state index contributed by atoms with van der Waals surface area (Å²) < 4.78 is 10.3. The number of hydrogen-bond acceptors (Lipinski definition) is 4. The molecule has 0 spiro atoms. The third-order valence-electron chi connectivity index (χ3n) is 1.85. The standard InChI is InChI=1S/C12H17NO3/c1-12(2,3)16-10-7-8(11(14)15-4)5-6-9(10)13/h5-7H,13H2,1-4H3. The van der Waals surface area contributed by atoms with Gasteiger partial charge in [-0.25, -0.2) is 4.79 Å². The van der Waals surface area contributed by atoms with Gasteiger partial charge in [0.2, 0.25) is 0 Å². The van der Waals surface area contributed by atoms with Crippen LogP contribution in [0.15, 0.2) is 18.2 Å². The molecule has 0 bridgehead atoms. The molecule has 0 radical (unpaired) electrons. The van der Waals surface area contributed by atoms with E-state index in [-0.39, 0.29) is 5.60 Å². The molecule has 0 aliphatic carbocycles. The molecule has 4 heteroatoms. The van der Waals surface area contributed by atoms with Crippen LogP contribution in [0, 0.1) is 0 Å². The lowest BCUT2D eigenvalue weighted by molar-refractivity contribution is 0.0599. The minimum atomic E-state index is -0.404. The van der Waals surface area contributed by atoms with Crippen molar-refractivity contribution in [3.8, 4) is 5.75 Å². The third-order valence-corrected chi connectivity index (χ3v) is 1.85. The molecule has 1 aromatic rings. The normalized spacial score (nSPS) is 11.0. The second-order valence-electron chi connectivity index (χ2n) is 4.46. The maximum Gasteiger partial charge on any atom is 0.337 e. The first-order valence-corrected chi connectivity index (χ1v) is 5.00. The minimum absolute atomic E-state index is 0.358. The van der Waals surface area contributed by atoms with E-state index in [1.807, 2.05) is 20.8 Å². The molecule has 1 aromatic carbocycles. The fourth-order valence-corrected chi connectivity index (χ4v) is 1.20. The van der Waals surface area contributed by atoms with Crippen LogP contribution >= 0.6 is 0 Å². The first-order chi connectivity index (χ1) is 7.33. The van der Waals surface area contributed by atoms with E-state index in [4.69, 9.17) is 10.5 Å². The molecule has 0 saturated carbocycles. The number of esters is 1. The van der Waals surface area contributed by atoms with Gasteiger partial charge in [0.05, 0.1) is 18.4 Å². The molecule has 2 N–H and O–H groups in total. The van der Waals surface area contributed by atoms with Crippen LogP contribution < -0.4 is 10.5 Å². The molecule has 88 valence electrons. The molecule has 1 rings (SSSR count). The number of rotatable bonds is 2. The zero-order valence-corrected chi connectivity index (χ0v) is 10.0. The Kier molecular flexibility index (Phi) is 3.42. The number of nitrogens with two attached hydrogens (primary N) is 1. The summed E-state index contributed by atoms with van der Waals surface area (Å²) in [5, 5.41) is 0. The van der Waals surface area contributed by atoms with Crippen molar-refractivity contribution in [2.24, 2.45) is 0 Å². The summed E-state index contributed by atoms with van der Waals surface area (Å²) in [6, 6.07) is 4.83. The zero-order valence-electron chi connectivity index (χ0n) is 10.0. The number of benzene rings is 1. The lowest BCUT2D eigenvalue weighted by Crippen LogP contribution is -2.23. The lowest BCUT2D eigenvalue weighted by Gasteiger charge is -2.22. The molecule has 0 aromatic heterocycles. The van der Waals surface area contributed by atoms with E-state index in [1.165, 1.54) is 7.11 Å². The van der Waals surface area contributed by atoms with E-state index < -0.39 is 5.97 Å². The number of hydrogen-bond donors (Lipinski definition) is 1. The molecule has 0 fully saturated rings. The Hall–Kier alpha value is -1.71. The van der Waals surface area contributed by atoms with Gasteiger partial charge in [0.25, 0.3) is 0 Å². The van der Waals surface area contributed by atoms with Crippen molar-refractivity contribution in [3.05, 3.63) is 23.8 Å². The largest absolute Gasteiger partial charge is 0.486 e. The van der Waals surface area contributed by atoms with E-state index in [9.17, 15) is 4.79 Å². The first kappa shape index (κ1) is 12.4. The third kappa shape index (κ3) is 3.15. The molecule has 0 heterocycles. The SMILES string of the molecule is COC(=O)c1ccc(N)c(OC(C)(C)C)c1. The second kappa shape index (κ2) is 4.43. The molecule has 0 aliphatic rings. The van der Waals surface area contributed by atoms with Crippen LogP contribution in [0.5, 0.6) is 5.75 Å². The zero-order chi connectivity index (χ0) is 12.3. The first-order valence-electron chi connectivity index (χ1n) is 5.00. The van der Waals surface area contributed by atoms with Crippen molar-refractivity contribution in [1.29, 1.82) is 0 Å². The molecule has 4 nitrogen and oxygen atoms in total. The van der Waals surface area contributed by atoms with Crippen LogP contribution in [0.1, 0.15) is 31.1 Å². The molecule has 0 atom stereocenters. The van der Waals surface area contributed by atoms with Gasteiger partial charge in [-0.05, 0) is 39.0 Å². The van der Waals surface area contributed by atoms with E-state index in [2.05, 4.69) is 4.74 Å². The smallest absolute Gasteiger partial charge is 0.337 e. The van der Waals surface area contributed by atoms with Crippen molar-refractivity contribution < 1.29 is 14.3 Å². The summed E-state index contributed by atoms with van der Waals surface area (Å²) in [5.41, 5.74) is 6.33. The average Bonchev–Trinajstić information content (AvgIpc) is 2.18. The highest BCUT2D eigenvalue weighted by Gasteiger charge is 2.15. The van der Waals surface area contributed by atoms with E-state index in [1.54, 1.807) is 18.2 Å². The van der Waals surface area contributed by atoms with Gasteiger partial charge in [-0.3, -0.25) is 0 Å². The van der Waals surface area contributed by atoms with E-state index in [0.29, 0.717) is 17.0 Å². The Morgan fingerprint density at radius 3 is 2.44 bits per heavy atom. The summed E-state index contributed by atoms with van der Waals surface area (Å²) in [4.78, 5) is 11.3. The Labute approximate surface area is 95.3 Å². The van der Waals surface area contributed by atoms with Gasteiger partial charge in [-0.15, -0.1) is 0 Å². The molecule has 0 unspecified atom stereocenters. The Morgan fingerprint density at radius 1 is 1.31 bits per heavy atom. The van der Waals surface area contributed by atoms with Crippen LogP contribution in [0.3, 0.4) is 0 Å². The highest BCUT2D eigenvalue weighted by Crippen LogP contribution is 2.26. The highest BCUT2D eigenvalue weighted by molar-refractivity contribution is 5.90. The van der Waals surface area contributed by atoms with Gasteiger partial charge in [0, 0.05) is 0 Å². The summed E-state index contributed by atoms with van der Waals surface area (Å²) in [5.74, 6) is 0.0918. The van der Waals surface area contributed by atoms with Gasteiger partial charge in [0.15, 0.2) is 0 Å². The predicted octanol–water partition coefficient (Wildman–Crippen LogP) is 2.23.